The number of amides is 3. The minimum absolute atomic E-state index is 0.0152. The first-order valence-electron chi connectivity index (χ1n) is 8.33. The largest absolute Gasteiger partial charge is 0.341 e. The van der Waals surface area contributed by atoms with Gasteiger partial charge in [0.25, 0.3) is 5.91 Å². The van der Waals surface area contributed by atoms with E-state index in [0.717, 1.165) is 45.4 Å². The number of nitrogens with zero attached hydrogens (tertiary/aromatic N) is 4. The summed E-state index contributed by atoms with van der Waals surface area (Å²) in [6.45, 7) is 3.25. The molecular weight excluding hydrogens is 294 g/mol. The SMILES string of the molecule is CNC(=O)N1CCC(C2CCN(C(=O)c3nccn3C)C2)CC1. The zero-order chi connectivity index (χ0) is 16.4. The summed E-state index contributed by atoms with van der Waals surface area (Å²) in [7, 11) is 3.52. The molecule has 0 saturated carbocycles. The van der Waals surface area contributed by atoms with Crippen LogP contribution in [0.1, 0.15) is 29.9 Å². The van der Waals surface area contributed by atoms with Crippen LogP contribution in [0.25, 0.3) is 0 Å². The minimum atomic E-state index is 0.0152. The average Bonchev–Trinajstić information content (AvgIpc) is 3.23. The Morgan fingerprint density at radius 1 is 1.13 bits per heavy atom. The molecular formula is C16H25N5O2. The van der Waals surface area contributed by atoms with Crippen LogP contribution in [0.2, 0.25) is 0 Å². The third kappa shape index (κ3) is 3.18. The lowest BCUT2D eigenvalue weighted by Gasteiger charge is -2.34. The summed E-state index contributed by atoms with van der Waals surface area (Å²) >= 11 is 0. The molecule has 1 N–H and O–H groups in total. The first-order chi connectivity index (χ1) is 11.1. The number of rotatable bonds is 2. The second-order valence-electron chi connectivity index (χ2n) is 6.54. The highest BCUT2D eigenvalue weighted by molar-refractivity contribution is 5.91. The van der Waals surface area contributed by atoms with E-state index >= 15 is 0 Å². The molecule has 0 radical (unpaired) electrons. The third-order valence-electron chi connectivity index (χ3n) is 5.23. The smallest absolute Gasteiger partial charge is 0.317 e. The van der Waals surface area contributed by atoms with E-state index in [1.165, 1.54) is 0 Å². The van der Waals surface area contributed by atoms with Crippen LogP contribution in [0.5, 0.6) is 0 Å². The van der Waals surface area contributed by atoms with Crippen molar-refractivity contribution in [3.8, 4) is 0 Å². The first-order valence-corrected chi connectivity index (χ1v) is 8.33. The lowest BCUT2D eigenvalue weighted by atomic mass is 9.84. The van der Waals surface area contributed by atoms with Gasteiger partial charge in [-0.05, 0) is 31.1 Å². The number of nitrogens with one attached hydrogen (secondary N) is 1. The lowest BCUT2D eigenvalue weighted by Crippen LogP contribution is -2.44. The van der Waals surface area contributed by atoms with Crippen molar-refractivity contribution in [1.82, 2.24) is 24.7 Å². The van der Waals surface area contributed by atoms with Crippen molar-refractivity contribution in [3.63, 3.8) is 0 Å². The summed E-state index contributed by atoms with van der Waals surface area (Å²) in [6.07, 6.45) is 6.58. The normalized spacial score (nSPS) is 22.4. The molecule has 7 heteroatoms. The maximum absolute atomic E-state index is 12.5. The molecule has 3 heterocycles. The molecule has 2 saturated heterocycles. The van der Waals surface area contributed by atoms with Crippen molar-refractivity contribution in [1.29, 1.82) is 0 Å². The number of imidazole rings is 1. The van der Waals surface area contributed by atoms with Gasteiger partial charge in [0.05, 0.1) is 0 Å². The second-order valence-corrected chi connectivity index (χ2v) is 6.54. The number of carbonyl (C=O) groups is 2. The molecule has 126 valence electrons. The fourth-order valence-corrected chi connectivity index (χ4v) is 3.80. The quantitative estimate of drug-likeness (QED) is 0.882. The van der Waals surface area contributed by atoms with Crippen LogP contribution in [0.15, 0.2) is 12.4 Å². The van der Waals surface area contributed by atoms with Gasteiger partial charge in [0.2, 0.25) is 0 Å². The van der Waals surface area contributed by atoms with Gasteiger partial charge in [-0.15, -0.1) is 0 Å². The lowest BCUT2D eigenvalue weighted by molar-refractivity contribution is 0.0761. The molecule has 0 bridgehead atoms. The van der Waals surface area contributed by atoms with Crippen molar-refractivity contribution in [2.24, 2.45) is 18.9 Å². The van der Waals surface area contributed by atoms with Crippen LogP contribution in [0.4, 0.5) is 4.79 Å². The van der Waals surface area contributed by atoms with Gasteiger partial charge in [-0.1, -0.05) is 0 Å². The standard InChI is InChI=1S/C16H25N5O2/c1-17-16(23)20-7-3-12(4-8-20)13-5-9-21(11-13)15(22)14-18-6-10-19(14)2/h6,10,12-13H,3-5,7-9,11H2,1-2H3,(H,17,23). The number of urea groups is 1. The highest BCUT2D eigenvalue weighted by atomic mass is 16.2. The zero-order valence-corrected chi connectivity index (χ0v) is 13.9. The molecule has 7 nitrogen and oxygen atoms in total. The Hall–Kier alpha value is -2.05. The number of aryl methyl sites for hydroxylation is 1. The predicted molar refractivity (Wildman–Crippen MR) is 86.0 cm³/mol. The van der Waals surface area contributed by atoms with Crippen molar-refractivity contribution in [3.05, 3.63) is 18.2 Å². The van der Waals surface area contributed by atoms with Gasteiger partial charge >= 0.3 is 6.03 Å². The van der Waals surface area contributed by atoms with Crippen molar-refractivity contribution >= 4 is 11.9 Å². The summed E-state index contributed by atoms with van der Waals surface area (Å²) in [4.78, 5) is 32.1. The molecule has 3 amide bonds. The Labute approximate surface area is 136 Å². The summed E-state index contributed by atoms with van der Waals surface area (Å²) in [5.74, 6) is 1.70. The number of aromatic nitrogens is 2. The molecule has 1 unspecified atom stereocenters. The molecule has 1 atom stereocenters. The molecule has 2 aliphatic heterocycles. The van der Waals surface area contributed by atoms with Crippen molar-refractivity contribution in [2.45, 2.75) is 19.3 Å². The van der Waals surface area contributed by atoms with Crippen LogP contribution in [0, 0.1) is 11.8 Å². The Morgan fingerprint density at radius 2 is 1.78 bits per heavy atom. The summed E-state index contributed by atoms with van der Waals surface area (Å²) < 4.78 is 1.78. The highest BCUT2D eigenvalue weighted by Crippen LogP contribution is 2.32. The molecule has 0 spiro atoms. The topological polar surface area (TPSA) is 70.5 Å². The minimum Gasteiger partial charge on any atom is -0.341 e. The maximum atomic E-state index is 12.5. The van der Waals surface area contributed by atoms with E-state index in [2.05, 4.69) is 10.3 Å². The van der Waals surface area contributed by atoms with Gasteiger partial charge < -0.3 is 19.7 Å². The fourth-order valence-electron chi connectivity index (χ4n) is 3.80. The van der Waals surface area contributed by atoms with E-state index in [1.807, 2.05) is 16.8 Å². The van der Waals surface area contributed by atoms with Crippen LogP contribution in [0.3, 0.4) is 0 Å². The van der Waals surface area contributed by atoms with Crippen molar-refractivity contribution in [2.75, 3.05) is 33.2 Å². The van der Waals surface area contributed by atoms with Gasteiger partial charge in [0, 0.05) is 52.7 Å². The van der Waals surface area contributed by atoms with E-state index < -0.39 is 0 Å². The molecule has 1 aromatic rings. The summed E-state index contributed by atoms with van der Waals surface area (Å²) in [5, 5.41) is 2.69. The molecule has 23 heavy (non-hydrogen) atoms. The number of likely N-dealkylation sites (tertiary alicyclic amines) is 2. The van der Waals surface area contributed by atoms with E-state index in [9.17, 15) is 9.59 Å². The third-order valence-corrected chi connectivity index (χ3v) is 5.23. The molecule has 2 aliphatic rings. The van der Waals surface area contributed by atoms with Crippen molar-refractivity contribution < 1.29 is 9.59 Å². The van der Waals surface area contributed by atoms with Gasteiger partial charge in [-0.25, -0.2) is 9.78 Å². The summed E-state index contributed by atoms with van der Waals surface area (Å²) in [6, 6.07) is 0.0152. The molecule has 0 aliphatic carbocycles. The number of piperidine rings is 1. The second kappa shape index (κ2) is 6.60. The van der Waals surface area contributed by atoms with E-state index in [1.54, 1.807) is 24.0 Å². The monoisotopic (exact) mass is 319 g/mol. The Kier molecular flexibility index (Phi) is 4.54. The van der Waals surface area contributed by atoms with E-state index in [-0.39, 0.29) is 11.9 Å². The molecule has 1 aromatic heterocycles. The predicted octanol–water partition coefficient (Wildman–Crippen LogP) is 0.934. The van der Waals surface area contributed by atoms with E-state index in [0.29, 0.717) is 17.7 Å². The van der Waals surface area contributed by atoms with Gasteiger partial charge in [-0.3, -0.25) is 4.79 Å². The molecule has 3 rings (SSSR count). The number of hydrogen-bond acceptors (Lipinski definition) is 3. The maximum Gasteiger partial charge on any atom is 0.317 e. The molecule has 0 aromatic carbocycles. The van der Waals surface area contributed by atoms with Gasteiger partial charge in [-0.2, -0.15) is 0 Å². The van der Waals surface area contributed by atoms with E-state index in [4.69, 9.17) is 0 Å². The average molecular weight is 319 g/mol. The van der Waals surface area contributed by atoms with Crippen LogP contribution < -0.4 is 5.32 Å². The number of carbonyl (C=O) groups excluding carboxylic acids is 2. The van der Waals surface area contributed by atoms with Crippen LogP contribution >= 0.6 is 0 Å². The zero-order valence-electron chi connectivity index (χ0n) is 13.9. The Morgan fingerprint density at radius 3 is 2.39 bits per heavy atom. The van der Waals surface area contributed by atoms with Crippen LogP contribution in [-0.2, 0) is 7.05 Å². The Balaban J connectivity index is 1.54. The highest BCUT2D eigenvalue weighted by Gasteiger charge is 2.35. The van der Waals surface area contributed by atoms with Gasteiger partial charge in [0.1, 0.15) is 0 Å². The fraction of sp³-hybridized carbons (Fsp3) is 0.688. The summed E-state index contributed by atoms with van der Waals surface area (Å²) in [5.41, 5.74) is 0. The molecule has 2 fully saturated rings. The number of hydrogen-bond donors (Lipinski definition) is 1. The first kappa shape index (κ1) is 15.8. The van der Waals surface area contributed by atoms with Crippen LogP contribution in [-0.4, -0.2) is 64.5 Å². The Bertz CT molecular complexity index is 577. The van der Waals surface area contributed by atoms with Gasteiger partial charge in [0.15, 0.2) is 5.82 Å².